The number of anilines is 2. The van der Waals surface area contributed by atoms with Crippen LogP contribution < -0.4 is 19.7 Å². The molecule has 7 nitrogen and oxygen atoms in total. The van der Waals surface area contributed by atoms with Gasteiger partial charge in [0.1, 0.15) is 0 Å². The third-order valence-electron chi connectivity index (χ3n) is 5.45. The molecule has 0 bridgehead atoms. The van der Waals surface area contributed by atoms with Gasteiger partial charge in [-0.15, -0.1) is 10.2 Å². The number of aromatic nitrogens is 2. The normalized spacial score (nSPS) is 13.8. The van der Waals surface area contributed by atoms with Crippen LogP contribution in [-0.4, -0.2) is 42.9 Å². The summed E-state index contributed by atoms with van der Waals surface area (Å²) in [6, 6.07) is 18.8. The smallest absolute Gasteiger partial charge is 0.262 e. The van der Waals surface area contributed by atoms with Gasteiger partial charge in [-0.1, -0.05) is 37.1 Å². The van der Waals surface area contributed by atoms with E-state index in [1.807, 2.05) is 48.5 Å². The second-order valence-electron chi connectivity index (χ2n) is 7.75. The lowest BCUT2D eigenvalue weighted by Crippen LogP contribution is -2.25. The monoisotopic (exact) mass is 432 g/mol. The van der Waals surface area contributed by atoms with E-state index in [0.717, 1.165) is 30.2 Å². The SMILES string of the molecule is COc1ccccc1OCC(=O)Nc1cccc(-c2ccc(N3CCCCCC3)nn2)c1. The number of hydrogen-bond acceptors (Lipinski definition) is 6. The van der Waals surface area contributed by atoms with E-state index in [1.54, 1.807) is 19.2 Å². The second-order valence-corrected chi connectivity index (χ2v) is 7.75. The van der Waals surface area contributed by atoms with Crippen molar-refractivity contribution in [3.05, 3.63) is 60.7 Å². The van der Waals surface area contributed by atoms with E-state index in [1.165, 1.54) is 25.7 Å². The van der Waals surface area contributed by atoms with Crippen LogP contribution in [0.4, 0.5) is 11.5 Å². The molecule has 1 saturated heterocycles. The van der Waals surface area contributed by atoms with Crippen LogP contribution in [0.5, 0.6) is 11.5 Å². The van der Waals surface area contributed by atoms with Crippen molar-refractivity contribution in [3.63, 3.8) is 0 Å². The van der Waals surface area contributed by atoms with E-state index in [0.29, 0.717) is 17.2 Å². The molecule has 1 aromatic heterocycles. The van der Waals surface area contributed by atoms with E-state index < -0.39 is 0 Å². The van der Waals surface area contributed by atoms with Crippen molar-refractivity contribution in [1.82, 2.24) is 10.2 Å². The zero-order chi connectivity index (χ0) is 22.2. The van der Waals surface area contributed by atoms with Crippen molar-refractivity contribution in [2.45, 2.75) is 25.7 Å². The fourth-order valence-electron chi connectivity index (χ4n) is 3.78. The predicted molar refractivity (Wildman–Crippen MR) is 125 cm³/mol. The van der Waals surface area contributed by atoms with Crippen molar-refractivity contribution >= 4 is 17.4 Å². The van der Waals surface area contributed by atoms with Gasteiger partial charge in [-0.3, -0.25) is 4.79 Å². The molecule has 0 spiro atoms. The van der Waals surface area contributed by atoms with Gasteiger partial charge in [-0.2, -0.15) is 0 Å². The number of carbonyl (C=O) groups is 1. The Morgan fingerprint density at radius 1 is 0.938 bits per heavy atom. The van der Waals surface area contributed by atoms with Gasteiger partial charge < -0.3 is 19.7 Å². The molecule has 4 rings (SSSR count). The number of amides is 1. The van der Waals surface area contributed by atoms with Crippen LogP contribution in [0.1, 0.15) is 25.7 Å². The molecule has 1 fully saturated rings. The number of rotatable bonds is 7. The lowest BCUT2D eigenvalue weighted by Gasteiger charge is -2.20. The first-order chi connectivity index (χ1) is 15.7. The van der Waals surface area contributed by atoms with Crippen LogP contribution >= 0.6 is 0 Å². The molecule has 3 aromatic rings. The first kappa shape index (κ1) is 21.6. The fourth-order valence-corrected chi connectivity index (χ4v) is 3.78. The van der Waals surface area contributed by atoms with Gasteiger partial charge >= 0.3 is 0 Å². The third kappa shape index (κ3) is 5.55. The Kier molecular flexibility index (Phi) is 7.17. The minimum absolute atomic E-state index is 0.116. The van der Waals surface area contributed by atoms with Gasteiger partial charge in [0.15, 0.2) is 23.9 Å². The quantitative estimate of drug-likeness (QED) is 0.590. The van der Waals surface area contributed by atoms with Gasteiger partial charge in [0.05, 0.1) is 12.8 Å². The molecule has 0 aliphatic carbocycles. The highest BCUT2D eigenvalue weighted by molar-refractivity contribution is 5.92. The van der Waals surface area contributed by atoms with Crippen molar-refractivity contribution < 1.29 is 14.3 Å². The lowest BCUT2D eigenvalue weighted by atomic mass is 10.1. The average molecular weight is 433 g/mol. The summed E-state index contributed by atoms with van der Waals surface area (Å²) in [6.45, 7) is 1.95. The Morgan fingerprint density at radius 2 is 1.72 bits per heavy atom. The summed E-state index contributed by atoms with van der Waals surface area (Å²) < 4.78 is 10.8. The molecular formula is C25H28N4O3. The summed E-state index contributed by atoms with van der Waals surface area (Å²) in [5.41, 5.74) is 2.34. The summed E-state index contributed by atoms with van der Waals surface area (Å²) in [7, 11) is 1.57. The maximum absolute atomic E-state index is 12.4. The van der Waals surface area contributed by atoms with Crippen LogP contribution in [0.15, 0.2) is 60.7 Å². The van der Waals surface area contributed by atoms with Gasteiger partial charge in [-0.05, 0) is 49.2 Å². The summed E-state index contributed by atoms with van der Waals surface area (Å²) in [5, 5.41) is 11.7. The molecule has 0 atom stereocenters. The van der Waals surface area contributed by atoms with E-state index in [2.05, 4.69) is 20.4 Å². The third-order valence-corrected chi connectivity index (χ3v) is 5.45. The molecular weight excluding hydrogens is 404 g/mol. The van der Waals surface area contributed by atoms with Crippen molar-refractivity contribution in [2.24, 2.45) is 0 Å². The summed E-state index contributed by atoms with van der Waals surface area (Å²) in [4.78, 5) is 14.7. The Bertz CT molecular complexity index is 1030. The zero-order valence-electron chi connectivity index (χ0n) is 18.3. The molecule has 0 radical (unpaired) electrons. The fraction of sp³-hybridized carbons (Fsp3) is 0.320. The standard InChI is InChI=1S/C25H28N4O3/c1-31-22-11-4-5-12-23(22)32-18-25(30)26-20-10-8-9-19(17-20)21-13-14-24(28-27-21)29-15-6-2-3-7-16-29/h4-5,8-14,17H,2-3,6-7,15-16,18H2,1H3,(H,26,30). The maximum Gasteiger partial charge on any atom is 0.262 e. The van der Waals surface area contributed by atoms with E-state index in [-0.39, 0.29) is 12.5 Å². The first-order valence-electron chi connectivity index (χ1n) is 11.0. The number of nitrogens with zero attached hydrogens (tertiary/aromatic N) is 3. The molecule has 1 aliphatic heterocycles. The number of para-hydroxylation sites is 2. The van der Waals surface area contributed by atoms with Crippen LogP contribution in [-0.2, 0) is 4.79 Å². The van der Waals surface area contributed by atoms with Gasteiger partial charge in [0, 0.05) is 24.3 Å². The maximum atomic E-state index is 12.4. The predicted octanol–water partition coefficient (Wildman–Crippen LogP) is 4.55. The Balaban J connectivity index is 1.38. The van der Waals surface area contributed by atoms with Crippen LogP contribution in [0.25, 0.3) is 11.3 Å². The van der Waals surface area contributed by atoms with Crippen LogP contribution in [0, 0.1) is 0 Å². The van der Waals surface area contributed by atoms with Crippen molar-refractivity contribution in [2.75, 3.05) is 37.0 Å². The van der Waals surface area contributed by atoms with E-state index >= 15 is 0 Å². The molecule has 1 amide bonds. The van der Waals surface area contributed by atoms with Gasteiger partial charge in [0.2, 0.25) is 0 Å². The highest BCUT2D eigenvalue weighted by Crippen LogP contribution is 2.26. The highest BCUT2D eigenvalue weighted by Gasteiger charge is 2.12. The molecule has 166 valence electrons. The number of benzene rings is 2. The van der Waals surface area contributed by atoms with Gasteiger partial charge in [-0.25, -0.2) is 0 Å². The molecule has 0 saturated carbocycles. The lowest BCUT2D eigenvalue weighted by molar-refractivity contribution is -0.118. The number of nitrogens with one attached hydrogen (secondary N) is 1. The first-order valence-corrected chi connectivity index (χ1v) is 11.0. The summed E-state index contributed by atoms with van der Waals surface area (Å²) in [5.74, 6) is 1.78. The van der Waals surface area contributed by atoms with E-state index in [9.17, 15) is 4.79 Å². The average Bonchev–Trinajstić information content (AvgIpc) is 3.13. The number of ether oxygens (including phenoxy) is 2. The van der Waals surface area contributed by atoms with E-state index in [4.69, 9.17) is 9.47 Å². The molecule has 32 heavy (non-hydrogen) atoms. The largest absolute Gasteiger partial charge is 0.493 e. The Labute approximate surface area is 188 Å². The van der Waals surface area contributed by atoms with Crippen molar-refractivity contribution in [1.29, 1.82) is 0 Å². The molecule has 1 aliphatic rings. The second kappa shape index (κ2) is 10.6. The minimum Gasteiger partial charge on any atom is -0.493 e. The van der Waals surface area contributed by atoms with Crippen molar-refractivity contribution in [3.8, 4) is 22.8 Å². The summed E-state index contributed by atoms with van der Waals surface area (Å²) in [6.07, 6.45) is 4.97. The molecule has 2 aromatic carbocycles. The molecule has 7 heteroatoms. The number of hydrogen-bond donors (Lipinski definition) is 1. The van der Waals surface area contributed by atoms with Gasteiger partial charge in [0.25, 0.3) is 5.91 Å². The topological polar surface area (TPSA) is 76.6 Å². The Morgan fingerprint density at radius 3 is 2.44 bits per heavy atom. The highest BCUT2D eigenvalue weighted by atomic mass is 16.5. The number of carbonyl (C=O) groups excluding carboxylic acids is 1. The van der Waals surface area contributed by atoms with Crippen LogP contribution in [0.3, 0.4) is 0 Å². The molecule has 2 heterocycles. The summed E-state index contributed by atoms with van der Waals surface area (Å²) >= 11 is 0. The molecule has 0 unspecified atom stereocenters. The van der Waals surface area contributed by atoms with Crippen LogP contribution in [0.2, 0.25) is 0 Å². The minimum atomic E-state index is -0.254. The number of methoxy groups -OCH3 is 1. The zero-order valence-corrected chi connectivity index (χ0v) is 18.3. The molecule has 1 N–H and O–H groups in total. The Hall–Kier alpha value is -3.61.